The molecule has 1 saturated heterocycles. The van der Waals surface area contributed by atoms with E-state index in [9.17, 15) is 4.79 Å². The molecule has 3 rings (SSSR count). The number of carbonyl (C=O) groups is 1. The lowest BCUT2D eigenvalue weighted by Crippen LogP contribution is -2.48. The van der Waals surface area contributed by atoms with Gasteiger partial charge in [-0.3, -0.25) is 9.10 Å². The number of thioether (sulfide) groups is 1. The average Bonchev–Trinajstić information content (AvgIpc) is 2.63. The van der Waals surface area contributed by atoms with E-state index >= 15 is 0 Å². The van der Waals surface area contributed by atoms with Gasteiger partial charge in [0.2, 0.25) is 5.91 Å². The molecule has 5 heteroatoms. The SMILES string of the molecule is O=C1CC(CCC(Cl)CSc2ccccc2)N1Sc1ccccc1. The lowest BCUT2D eigenvalue weighted by atomic mass is 10.00. The Morgan fingerprint density at radius 2 is 1.67 bits per heavy atom. The summed E-state index contributed by atoms with van der Waals surface area (Å²) in [4.78, 5) is 14.2. The van der Waals surface area contributed by atoms with Gasteiger partial charge in [0.15, 0.2) is 0 Å². The zero-order valence-corrected chi connectivity index (χ0v) is 15.7. The fraction of sp³-hybridized carbons (Fsp3) is 0.316. The topological polar surface area (TPSA) is 20.3 Å². The third-order valence-electron chi connectivity index (χ3n) is 3.92. The molecule has 2 atom stereocenters. The molecule has 0 N–H and O–H groups in total. The highest BCUT2D eigenvalue weighted by molar-refractivity contribution is 7.99. The zero-order chi connectivity index (χ0) is 16.8. The normalized spacial score (nSPS) is 18.3. The minimum atomic E-state index is 0.134. The van der Waals surface area contributed by atoms with Crippen LogP contribution >= 0.6 is 35.3 Å². The number of rotatable bonds is 8. The van der Waals surface area contributed by atoms with Crippen molar-refractivity contribution in [2.24, 2.45) is 0 Å². The second-order valence-electron chi connectivity index (χ2n) is 5.78. The molecule has 1 fully saturated rings. The van der Waals surface area contributed by atoms with Crippen LogP contribution in [0.4, 0.5) is 0 Å². The molecule has 0 saturated carbocycles. The molecular formula is C19H20ClNOS2. The summed E-state index contributed by atoms with van der Waals surface area (Å²) in [7, 11) is 0. The van der Waals surface area contributed by atoms with Gasteiger partial charge in [0.1, 0.15) is 0 Å². The van der Waals surface area contributed by atoms with Crippen LogP contribution in [0.15, 0.2) is 70.5 Å². The van der Waals surface area contributed by atoms with E-state index in [0.29, 0.717) is 12.5 Å². The van der Waals surface area contributed by atoms with Crippen molar-refractivity contribution in [3.63, 3.8) is 0 Å². The van der Waals surface area contributed by atoms with Crippen molar-refractivity contribution in [3.05, 3.63) is 60.7 Å². The number of benzene rings is 2. The van der Waals surface area contributed by atoms with Crippen LogP contribution in [-0.4, -0.2) is 27.4 Å². The number of alkyl halides is 1. The van der Waals surface area contributed by atoms with Crippen LogP contribution in [0.1, 0.15) is 19.3 Å². The monoisotopic (exact) mass is 377 g/mol. The average molecular weight is 378 g/mol. The number of nitrogens with zero attached hydrogens (tertiary/aromatic N) is 1. The molecule has 2 aromatic rings. The minimum absolute atomic E-state index is 0.134. The molecular weight excluding hydrogens is 358 g/mol. The van der Waals surface area contributed by atoms with Gasteiger partial charge in [-0.1, -0.05) is 36.4 Å². The highest BCUT2D eigenvalue weighted by Crippen LogP contribution is 2.36. The molecule has 1 aliphatic rings. The van der Waals surface area contributed by atoms with Crippen LogP contribution in [0.3, 0.4) is 0 Å². The molecule has 126 valence electrons. The van der Waals surface area contributed by atoms with Gasteiger partial charge in [-0.25, -0.2) is 0 Å². The van der Waals surface area contributed by atoms with Gasteiger partial charge < -0.3 is 0 Å². The lowest BCUT2D eigenvalue weighted by Gasteiger charge is -2.39. The van der Waals surface area contributed by atoms with E-state index in [1.54, 1.807) is 23.7 Å². The Hall–Kier alpha value is -1.10. The van der Waals surface area contributed by atoms with E-state index < -0.39 is 0 Å². The second kappa shape index (κ2) is 8.84. The third-order valence-corrected chi connectivity index (χ3v) is 6.83. The highest BCUT2D eigenvalue weighted by Gasteiger charge is 2.36. The second-order valence-corrected chi connectivity index (χ2v) is 8.54. The van der Waals surface area contributed by atoms with Crippen LogP contribution in [0, 0.1) is 0 Å². The molecule has 0 aromatic heterocycles. The first-order chi connectivity index (χ1) is 11.7. The predicted molar refractivity (Wildman–Crippen MR) is 104 cm³/mol. The summed E-state index contributed by atoms with van der Waals surface area (Å²) in [6, 6.07) is 20.7. The molecule has 2 nitrogen and oxygen atoms in total. The van der Waals surface area contributed by atoms with Gasteiger partial charge in [-0.15, -0.1) is 23.4 Å². The highest BCUT2D eigenvalue weighted by atomic mass is 35.5. The molecule has 0 spiro atoms. The van der Waals surface area contributed by atoms with Gasteiger partial charge in [0.25, 0.3) is 0 Å². The van der Waals surface area contributed by atoms with Gasteiger partial charge in [0, 0.05) is 27.3 Å². The van der Waals surface area contributed by atoms with Crippen molar-refractivity contribution in [3.8, 4) is 0 Å². The standard InChI is InChI=1S/C19H20ClNOS2/c20-15(14-23-17-7-3-1-4-8-17)11-12-16-13-19(22)21(16)24-18-9-5-2-6-10-18/h1-10,15-16H,11-14H2. The van der Waals surface area contributed by atoms with Gasteiger partial charge in [-0.2, -0.15) is 0 Å². The first kappa shape index (κ1) is 17.7. The fourth-order valence-electron chi connectivity index (χ4n) is 2.57. The summed E-state index contributed by atoms with van der Waals surface area (Å²) in [5.41, 5.74) is 0. The summed E-state index contributed by atoms with van der Waals surface area (Å²) in [6.45, 7) is 0. The number of hydrogen-bond donors (Lipinski definition) is 0. The molecule has 1 heterocycles. The fourth-order valence-corrected chi connectivity index (χ4v) is 4.78. The molecule has 0 radical (unpaired) electrons. The molecule has 1 aliphatic heterocycles. The smallest absolute Gasteiger partial charge is 0.235 e. The van der Waals surface area contributed by atoms with Crippen molar-refractivity contribution < 1.29 is 4.79 Å². The molecule has 0 bridgehead atoms. The predicted octanol–water partition coefficient (Wildman–Crippen LogP) is 5.47. The van der Waals surface area contributed by atoms with Gasteiger partial charge >= 0.3 is 0 Å². The molecule has 24 heavy (non-hydrogen) atoms. The van der Waals surface area contributed by atoms with Crippen LogP contribution in [0.5, 0.6) is 0 Å². The Morgan fingerprint density at radius 3 is 2.29 bits per heavy atom. The van der Waals surface area contributed by atoms with E-state index in [1.807, 2.05) is 52.8 Å². The van der Waals surface area contributed by atoms with E-state index in [-0.39, 0.29) is 11.3 Å². The maximum atomic E-state index is 11.9. The summed E-state index contributed by atoms with van der Waals surface area (Å²) in [5, 5.41) is 0.134. The summed E-state index contributed by atoms with van der Waals surface area (Å²) >= 11 is 9.81. The van der Waals surface area contributed by atoms with Gasteiger partial charge in [-0.05, 0) is 49.1 Å². The maximum Gasteiger partial charge on any atom is 0.235 e. The van der Waals surface area contributed by atoms with Crippen molar-refractivity contribution in [2.75, 3.05) is 5.75 Å². The van der Waals surface area contributed by atoms with E-state index in [0.717, 1.165) is 23.5 Å². The summed E-state index contributed by atoms with van der Waals surface area (Å²) in [6.07, 6.45) is 2.55. The number of β-lactam (4-membered cyclic amide) rings is 1. The largest absolute Gasteiger partial charge is 0.279 e. The maximum absolute atomic E-state index is 11.9. The van der Waals surface area contributed by atoms with E-state index in [2.05, 4.69) is 12.1 Å². The first-order valence-electron chi connectivity index (χ1n) is 8.09. The van der Waals surface area contributed by atoms with E-state index in [1.165, 1.54) is 4.90 Å². The molecule has 1 amide bonds. The number of halogens is 1. The Bertz CT molecular complexity index is 653. The molecule has 0 aliphatic carbocycles. The Labute approximate surface area is 157 Å². The zero-order valence-electron chi connectivity index (χ0n) is 13.3. The van der Waals surface area contributed by atoms with Crippen molar-refractivity contribution in [1.82, 2.24) is 4.31 Å². The van der Waals surface area contributed by atoms with Crippen LogP contribution in [-0.2, 0) is 4.79 Å². The van der Waals surface area contributed by atoms with Crippen molar-refractivity contribution >= 4 is 41.2 Å². The lowest BCUT2D eigenvalue weighted by molar-refractivity contribution is -0.137. The van der Waals surface area contributed by atoms with Crippen LogP contribution in [0.2, 0.25) is 0 Å². The van der Waals surface area contributed by atoms with Crippen LogP contribution < -0.4 is 0 Å². The van der Waals surface area contributed by atoms with Crippen LogP contribution in [0.25, 0.3) is 0 Å². The Morgan fingerprint density at radius 1 is 1.04 bits per heavy atom. The van der Waals surface area contributed by atoms with Crippen molar-refractivity contribution in [2.45, 2.75) is 40.5 Å². The van der Waals surface area contributed by atoms with E-state index in [4.69, 9.17) is 11.6 Å². The first-order valence-corrected chi connectivity index (χ1v) is 10.3. The number of amides is 1. The van der Waals surface area contributed by atoms with Gasteiger partial charge in [0.05, 0.1) is 6.04 Å². The Balaban J connectivity index is 1.41. The third kappa shape index (κ3) is 4.95. The Kier molecular flexibility index (Phi) is 6.52. The quantitative estimate of drug-likeness (QED) is 0.263. The summed E-state index contributed by atoms with van der Waals surface area (Å²) < 4.78 is 1.91. The van der Waals surface area contributed by atoms with Crippen molar-refractivity contribution in [1.29, 1.82) is 0 Å². The number of carbonyl (C=O) groups excluding carboxylic acids is 1. The summed E-state index contributed by atoms with van der Waals surface area (Å²) in [5.74, 6) is 1.12. The number of hydrogen-bond acceptors (Lipinski definition) is 3. The molecule has 2 aromatic carbocycles. The molecule has 2 unspecified atom stereocenters. The minimum Gasteiger partial charge on any atom is -0.279 e.